The molecule has 86 valence electrons. The molecule has 0 N–H and O–H groups in total. The molecule has 0 saturated carbocycles. The van der Waals surface area contributed by atoms with Gasteiger partial charge in [-0.25, -0.2) is 0 Å². The van der Waals surface area contributed by atoms with Crippen LogP contribution in [0.25, 0.3) is 0 Å². The summed E-state index contributed by atoms with van der Waals surface area (Å²) >= 11 is 5.98. The monoisotopic (exact) mass is 240 g/mol. The quantitative estimate of drug-likeness (QED) is 0.600. The van der Waals surface area contributed by atoms with Crippen molar-refractivity contribution in [1.82, 2.24) is 0 Å². The van der Waals surface area contributed by atoms with Gasteiger partial charge in [0.2, 0.25) is 0 Å². The number of rotatable bonds is 4. The first kappa shape index (κ1) is 12.7. The van der Waals surface area contributed by atoms with Gasteiger partial charge in [0.25, 0.3) is 0 Å². The summed E-state index contributed by atoms with van der Waals surface area (Å²) in [6.07, 6.45) is 0.841. The van der Waals surface area contributed by atoms with Crippen LogP contribution in [0.1, 0.15) is 28.4 Å². The molecular weight excluding hydrogens is 228 g/mol. The third kappa shape index (κ3) is 3.07. The number of carbonyl (C=O) groups is 2. The fourth-order valence-corrected chi connectivity index (χ4v) is 1.65. The van der Waals surface area contributed by atoms with Crippen molar-refractivity contribution in [2.75, 3.05) is 6.61 Å². The van der Waals surface area contributed by atoms with Gasteiger partial charge in [-0.2, -0.15) is 0 Å². The molecule has 0 fully saturated rings. The third-order valence-electron chi connectivity index (χ3n) is 2.20. The van der Waals surface area contributed by atoms with Crippen molar-refractivity contribution in [3.8, 4) is 0 Å². The maximum atomic E-state index is 11.3. The van der Waals surface area contributed by atoms with Gasteiger partial charge < -0.3 is 4.74 Å². The summed E-state index contributed by atoms with van der Waals surface area (Å²) in [5.74, 6) is -0.342. The lowest BCUT2D eigenvalue weighted by atomic mass is 10.0. The average molecular weight is 241 g/mol. The Kier molecular flexibility index (Phi) is 4.50. The third-order valence-corrected chi connectivity index (χ3v) is 2.55. The normalized spacial score (nSPS) is 9.94. The highest BCUT2D eigenvalue weighted by molar-refractivity contribution is 6.31. The topological polar surface area (TPSA) is 43.4 Å². The number of aryl methyl sites for hydroxylation is 1. The van der Waals surface area contributed by atoms with Crippen LogP contribution in [0.2, 0.25) is 5.02 Å². The van der Waals surface area contributed by atoms with Crippen molar-refractivity contribution in [2.24, 2.45) is 0 Å². The molecule has 0 atom stereocenters. The lowest BCUT2D eigenvalue weighted by Crippen LogP contribution is -2.08. The maximum Gasteiger partial charge on any atom is 0.310 e. The number of ether oxygens (including phenoxy) is 1. The summed E-state index contributed by atoms with van der Waals surface area (Å²) in [5, 5.41) is 0.483. The molecule has 0 heterocycles. The number of aldehydes is 1. The molecule has 16 heavy (non-hydrogen) atoms. The van der Waals surface area contributed by atoms with Crippen molar-refractivity contribution in [3.05, 3.63) is 33.8 Å². The highest BCUT2D eigenvalue weighted by atomic mass is 35.5. The second-order valence-electron chi connectivity index (χ2n) is 3.40. The molecule has 1 aromatic rings. The minimum atomic E-state index is -0.342. The summed E-state index contributed by atoms with van der Waals surface area (Å²) in [5.41, 5.74) is 1.96. The summed E-state index contributed by atoms with van der Waals surface area (Å²) in [6, 6.07) is 3.31. The van der Waals surface area contributed by atoms with Crippen LogP contribution < -0.4 is 0 Å². The molecule has 1 rings (SSSR count). The lowest BCUT2D eigenvalue weighted by molar-refractivity contribution is -0.142. The first-order valence-corrected chi connectivity index (χ1v) is 5.36. The molecule has 0 radical (unpaired) electrons. The number of halogens is 1. The van der Waals surface area contributed by atoms with Crippen LogP contribution in [0, 0.1) is 6.92 Å². The predicted molar refractivity (Wildman–Crippen MR) is 61.9 cm³/mol. The summed E-state index contributed by atoms with van der Waals surface area (Å²) in [4.78, 5) is 22.0. The van der Waals surface area contributed by atoms with Crippen molar-refractivity contribution in [3.63, 3.8) is 0 Å². The second-order valence-corrected chi connectivity index (χ2v) is 3.81. The number of hydrogen-bond acceptors (Lipinski definition) is 3. The molecule has 0 saturated heterocycles. The van der Waals surface area contributed by atoms with Gasteiger partial charge in [-0.1, -0.05) is 11.6 Å². The van der Waals surface area contributed by atoms with Crippen LogP contribution >= 0.6 is 11.6 Å². The van der Waals surface area contributed by atoms with E-state index in [2.05, 4.69) is 0 Å². The first-order chi connectivity index (χ1) is 7.58. The maximum absolute atomic E-state index is 11.3. The molecule has 0 amide bonds. The molecule has 1 aromatic carbocycles. The van der Waals surface area contributed by atoms with E-state index in [0.29, 0.717) is 22.8 Å². The minimum absolute atomic E-state index is 0.0911. The molecule has 0 aliphatic carbocycles. The molecule has 4 heteroatoms. The van der Waals surface area contributed by atoms with E-state index in [4.69, 9.17) is 16.3 Å². The van der Waals surface area contributed by atoms with Crippen molar-refractivity contribution in [2.45, 2.75) is 20.3 Å². The minimum Gasteiger partial charge on any atom is -0.466 e. The summed E-state index contributed by atoms with van der Waals surface area (Å²) < 4.78 is 4.82. The number of hydrogen-bond donors (Lipinski definition) is 0. The van der Waals surface area contributed by atoms with E-state index in [1.165, 1.54) is 0 Å². The first-order valence-electron chi connectivity index (χ1n) is 4.98. The summed E-state index contributed by atoms with van der Waals surface area (Å²) in [7, 11) is 0. The van der Waals surface area contributed by atoms with Gasteiger partial charge in [-0.3, -0.25) is 9.59 Å². The number of carbonyl (C=O) groups excluding carboxylic acids is 2. The molecule has 3 nitrogen and oxygen atoms in total. The molecule has 0 bridgehead atoms. The SMILES string of the molecule is CCOC(=O)Cc1cc(C=O)c(C)cc1Cl. The van der Waals surface area contributed by atoms with Crippen LogP contribution in [0.15, 0.2) is 12.1 Å². The molecule has 0 aliphatic heterocycles. The largest absolute Gasteiger partial charge is 0.466 e. The molecule has 0 spiro atoms. The van der Waals surface area contributed by atoms with Crippen molar-refractivity contribution < 1.29 is 14.3 Å². The Balaban J connectivity index is 2.95. The number of benzene rings is 1. The zero-order chi connectivity index (χ0) is 12.1. The lowest BCUT2D eigenvalue weighted by Gasteiger charge is -2.07. The Morgan fingerprint density at radius 2 is 2.19 bits per heavy atom. The predicted octanol–water partition coefficient (Wildman–Crippen LogP) is 2.57. The van der Waals surface area contributed by atoms with Crippen LogP contribution in [0.4, 0.5) is 0 Å². The fourth-order valence-electron chi connectivity index (χ4n) is 1.37. The average Bonchev–Trinajstić information content (AvgIpc) is 2.22. The standard InChI is InChI=1S/C12H13ClO3/c1-3-16-12(15)6-9-5-10(7-14)8(2)4-11(9)13/h4-5,7H,3,6H2,1-2H3. The van der Waals surface area contributed by atoms with Gasteiger partial charge >= 0.3 is 5.97 Å². The van der Waals surface area contributed by atoms with Gasteiger partial charge in [0.1, 0.15) is 6.29 Å². The van der Waals surface area contributed by atoms with Gasteiger partial charge in [-0.05, 0) is 37.1 Å². The zero-order valence-corrected chi connectivity index (χ0v) is 10.0. The van der Waals surface area contributed by atoms with Crippen molar-refractivity contribution in [1.29, 1.82) is 0 Å². The Morgan fingerprint density at radius 1 is 1.50 bits per heavy atom. The smallest absolute Gasteiger partial charge is 0.310 e. The van der Waals surface area contributed by atoms with Crippen LogP contribution in [-0.4, -0.2) is 18.9 Å². The van der Waals surface area contributed by atoms with E-state index in [1.54, 1.807) is 26.0 Å². The van der Waals surface area contributed by atoms with Crippen LogP contribution in [-0.2, 0) is 16.0 Å². The van der Waals surface area contributed by atoms with Gasteiger partial charge in [0.05, 0.1) is 13.0 Å². The fraction of sp³-hybridized carbons (Fsp3) is 0.333. The van der Waals surface area contributed by atoms with Crippen molar-refractivity contribution >= 4 is 23.9 Å². The van der Waals surface area contributed by atoms with E-state index in [0.717, 1.165) is 11.8 Å². The van der Waals surface area contributed by atoms with Gasteiger partial charge in [-0.15, -0.1) is 0 Å². The zero-order valence-electron chi connectivity index (χ0n) is 9.25. The molecule has 0 aromatic heterocycles. The molecule has 0 aliphatic rings. The van der Waals surface area contributed by atoms with E-state index in [1.807, 2.05) is 0 Å². The van der Waals surface area contributed by atoms with E-state index >= 15 is 0 Å². The van der Waals surface area contributed by atoms with E-state index in [-0.39, 0.29) is 12.4 Å². The Labute approximate surface area is 99.4 Å². The van der Waals surface area contributed by atoms with Gasteiger partial charge in [0, 0.05) is 10.6 Å². The highest BCUT2D eigenvalue weighted by Gasteiger charge is 2.10. The number of esters is 1. The molecule has 0 unspecified atom stereocenters. The van der Waals surface area contributed by atoms with Crippen LogP contribution in [0.3, 0.4) is 0 Å². The van der Waals surface area contributed by atoms with E-state index < -0.39 is 0 Å². The second kappa shape index (κ2) is 5.66. The van der Waals surface area contributed by atoms with E-state index in [9.17, 15) is 9.59 Å². The molecular formula is C12H13ClO3. The Hall–Kier alpha value is -1.35. The summed E-state index contributed by atoms with van der Waals surface area (Å²) in [6.45, 7) is 3.87. The van der Waals surface area contributed by atoms with Gasteiger partial charge in [0.15, 0.2) is 0 Å². The Morgan fingerprint density at radius 3 is 2.75 bits per heavy atom. The van der Waals surface area contributed by atoms with Crippen LogP contribution in [0.5, 0.6) is 0 Å². The highest BCUT2D eigenvalue weighted by Crippen LogP contribution is 2.21. The Bertz CT molecular complexity index is 413.